The first-order valence-electron chi connectivity index (χ1n) is 11.9. The predicted octanol–water partition coefficient (Wildman–Crippen LogP) is 6.04. The van der Waals surface area contributed by atoms with Crippen molar-refractivity contribution in [2.24, 2.45) is 23.2 Å². The quantitative estimate of drug-likeness (QED) is 0.330. The summed E-state index contributed by atoms with van der Waals surface area (Å²) in [5, 5.41) is 8.12. The monoisotopic (exact) mass is 459 g/mol. The number of halogens is 1. The zero-order valence-corrected chi connectivity index (χ0v) is 20.5. The zero-order chi connectivity index (χ0) is 21.8. The number of amides is 1. The van der Waals surface area contributed by atoms with E-state index in [-0.39, 0.29) is 5.91 Å². The summed E-state index contributed by atoms with van der Waals surface area (Å²) < 4.78 is 2.09. The summed E-state index contributed by atoms with van der Waals surface area (Å²) in [4.78, 5) is 16.0. The van der Waals surface area contributed by atoms with E-state index in [1.165, 1.54) is 40.3 Å². The second-order valence-corrected chi connectivity index (χ2v) is 12.1. The van der Waals surface area contributed by atoms with Crippen molar-refractivity contribution in [3.63, 3.8) is 0 Å². The summed E-state index contributed by atoms with van der Waals surface area (Å²) in [5.41, 5.74) is 4.69. The molecule has 2 aromatic heterocycles. The van der Waals surface area contributed by atoms with Gasteiger partial charge in [-0.1, -0.05) is 20.3 Å². The lowest BCUT2D eigenvalue weighted by Gasteiger charge is -2.60. The van der Waals surface area contributed by atoms with Gasteiger partial charge in [-0.25, -0.2) is 0 Å². The second-order valence-electron chi connectivity index (χ2n) is 10.4. The van der Waals surface area contributed by atoms with Crippen molar-refractivity contribution in [3.05, 3.63) is 27.1 Å². The summed E-state index contributed by atoms with van der Waals surface area (Å²) in [6.07, 6.45) is 7.92. The summed E-state index contributed by atoms with van der Waals surface area (Å²) in [7, 11) is 0. The molecule has 3 atom stereocenters. The fourth-order valence-corrected chi connectivity index (χ4v) is 7.65. The lowest BCUT2D eigenvalue weighted by atomic mass is 9.45. The molecule has 6 heteroatoms. The van der Waals surface area contributed by atoms with Crippen LogP contribution in [0.4, 0.5) is 0 Å². The number of unbranched alkanes of at least 4 members (excludes halogenated alkanes) is 2. The van der Waals surface area contributed by atoms with E-state index in [4.69, 9.17) is 16.7 Å². The van der Waals surface area contributed by atoms with Gasteiger partial charge in [0.05, 0.1) is 5.69 Å². The Bertz CT molecular complexity index is 989. The number of carbonyl (C=O) groups excluding carboxylic acids is 1. The molecule has 168 valence electrons. The highest BCUT2D eigenvalue weighted by Crippen LogP contribution is 2.61. The topological polar surface area (TPSA) is 46.9 Å². The largest absolute Gasteiger partial charge is 0.350 e. The van der Waals surface area contributed by atoms with Crippen molar-refractivity contribution in [3.8, 4) is 11.3 Å². The number of fused-ring (bicyclic) bond motifs is 5. The summed E-state index contributed by atoms with van der Waals surface area (Å²) >= 11 is 7.70. The maximum atomic E-state index is 13.3. The Morgan fingerprint density at radius 3 is 2.90 bits per heavy atom. The summed E-state index contributed by atoms with van der Waals surface area (Å²) in [6, 6.07) is 2.27. The van der Waals surface area contributed by atoms with Gasteiger partial charge in [0.1, 0.15) is 0 Å². The molecule has 0 aromatic carbocycles. The van der Waals surface area contributed by atoms with Gasteiger partial charge in [0, 0.05) is 46.3 Å². The Kier molecular flexibility index (Phi) is 5.71. The minimum absolute atomic E-state index is 0.0156. The van der Waals surface area contributed by atoms with Crippen LogP contribution >= 0.6 is 22.9 Å². The summed E-state index contributed by atoms with van der Waals surface area (Å²) in [6.45, 7) is 8.63. The Balaban J connectivity index is 1.33. The van der Waals surface area contributed by atoms with E-state index < -0.39 is 0 Å². The predicted molar refractivity (Wildman–Crippen MR) is 128 cm³/mol. The lowest BCUT2D eigenvalue weighted by Crippen LogP contribution is -2.54. The molecule has 1 N–H and O–H groups in total. The van der Waals surface area contributed by atoms with E-state index in [2.05, 4.69) is 36.8 Å². The highest BCUT2D eigenvalue weighted by atomic mass is 35.5. The van der Waals surface area contributed by atoms with Gasteiger partial charge in [0.2, 0.25) is 0 Å². The highest BCUT2D eigenvalue weighted by Gasteiger charge is 2.54. The van der Waals surface area contributed by atoms with Crippen LogP contribution in [0.1, 0.15) is 78.2 Å². The van der Waals surface area contributed by atoms with Crippen molar-refractivity contribution in [2.75, 3.05) is 12.4 Å². The molecule has 0 radical (unpaired) electrons. The number of aryl methyl sites for hydroxylation is 2. The first-order valence-corrected chi connectivity index (χ1v) is 13.3. The molecule has 4 aliphatic rings. The molecule has 1 amide bonds. The fourth-order valence-electron chi connectivity index (χ4n) is 6.41. The van der Waals surface area contributed by atoms with Crippen LogP contribution in [-0.4, -0.2) is 28.1 Å². The average Bonchev–Trinajstić information content (AvgIpc) is 3.38. The van der Waals surface area contributed by atoms with Gasteiger partial charge in [0.15, 0.2) is 5.69 Å². The third-order valence-electron chi connectivity index (χ3n) is 8.32. The Labute approximate surface area is 194 Å². The van der Waals surface area contributed by atoms with Gasteiger partial charge in [-0.15, -0.1) is 22.9 Å². The Morgan fingerprint density at radius 2 is 2.16 bits per heavy atom. The van der Waals surface area contributed by atoms with Crippen LogP contribution in [0.2, 0.25) is 0 Å². The zero-order valence-electron chi connectivity index (χ0n) is 19.0. The van der Waals surface area contributed by atoms with Gasteiger partial charge in [-0.05, 0) is 68.3 Å². The molecule has 2 heterocycles. The minimum Gasteiger partial charge on any atom is -0.350 e. The Hall–Kier alpha value is -1.33. The molecule has 0 saturated heterocycles. The molecule has 31 heavy (non-hydrogen) atoms. The molecule has 3 saturated carbocycles. The van der Waals surface area contributed by atoms with Gasteiger partial charge in [-0.2, -0.15) is 5.10 Å². The normalized spacial score (nSPS) is 25.1. The third kappa shape index (κ3) is 3.66. The fraction of sp³-hybridized carbons (Fsp3) is 0.680. The molecule has 2 bridgehead atoms. The van der Waals surface area contributed by atoms with Crippen LogP contribution in [-0.2, 0) is 13.0 Å². The molecule has 0 spiro atoms. The van der Waals surface area contributed by atoms with Crippen molar-refractivity contribution >= 4 is 28.8 Å². The van der Waals surface area contributed by atoms with Crippen molar-refractivity contribution in [1.82, 2.24) is 15.1 Å². The SMILES string of the molecule is Cc1cc2c(s1)Cc1c(C(=O)NCC3CCC4CC3C4(C)C)nn(CCCCCCl)c1-2. The van der Waals surface area contributed by atoms with Crippen LogP contribution in [0.15, 0.2) is 6.07 Å². The number of hydrogen-bond acceptors (Lipinski definition) is 3. The molecule has 4 nitrogen and oxygen atoms in total. The molecule has 4 aliphatic carbocycles. The number of nitrogens with one attached hydrogen (secondary N) is 1. The van der Waals surface area contributed by atoms with Crippen molar-refractivity contribution in [1.29, 1.82) is 0 Å². The number of hydrogen-bond donors (Lipinski definition) is 1. The molecule has 2 aromatic rings. The second kappa shape index (κ2) is 8.22. The van der Waals surface area contributed by atoms with E-state index in [0.29, 0.717) is 22.9 Å². The van der Waals surface area contributed by atoms with Gasteiger partial charge < -0.3 is 5.32 Å². The number of rotatable bonds is 8. The number of thiophene rings is 1. The average molecular weight is 460 g/mol. The van der Waals surface area contributed by atoms with Crippen molar-refractivity contribution < 1.29 is 4.79 Å². The molecule has 3 fully saturated rings. The van der Waals surface area contributed by atoms with E-state index in [9.17, 15) is 4.79 Å². The van der Waals surface area contributed by atoms with Gasteiger partial charge >= 0.3 is 0 Å². The van der Waals surface area contributed by atoms with Crippen LogP contribution < -0.4 is 5.32 Å². The van der Waals surface area contributed by atoms with E-state index in [1.54, 1.807) is 0 Å². The molecule has 6 rings (SSSR count). The van der Waals surface area contributed by atoms with Crippen LogP contribution in [0.25, 0.3) is 11.3 Å². The van der Waals surface area contributed by atoms with Gasteiger partial charge in [0.25, 0.3) is 5.91 Å². The molecular formula is C25H34ClN3OS. The van der Waals surface area contributed by atoms with E-state index in [0.717, 1.165) is 56.2 Å². The van der Waals surface area contributed by atoms with E-state index >= 15 is 0 Å². The van der Waals surface area contributed by atoms with Crippen molar-refractivity contribution in [2.45, 2.75) is 72.3 Å². The first-order chi connectivity index (χ1) is 14.9. The van der Waals surface area contributed by atoms with E-state index in [1.807, 2.05) is 11.3 Å². The third-order valence-corrected chi connectivity index (χ3v) is 9.64. The lowest BCUT2D eigenvalue weighted by molar-refractivity contribution is -0.103. The first kappa shape index (κ1) is 21.5. The molecule has 3 unspecified atom stereocenters. The minimum atomic E-state index is 0.0156. The maximum Gasteiger partial charge on any atom is 0.272 e. The Morgan fingerprint density at radius 1 is 1.32 bits per heavy atom. The number of aromatic nitrogens is 2. The maximum absolute atomic E-state index is 13.3. The smallest absolute Gasteiger partial charge is 0.272 e. The summed E-state index contributed by atoms with van der Waals surface area (Å²) in [5.74, 6) is 2.98. The molecule has 0 aliphatic heterocycles. The number of alkyl halides is 1. The van der Waals surface area contributed by atoms with Crippen LogP contribution in [0.5, 0.6) is 0 Å². The standard InChI is InChI=1S/C25H34ClN3OS/c1-15-11-18-21(31-15)13-19-22(28-29(23(18)19)10-6-4-5-9-26)24(30)27-14-16-7-8-17-12-20(16)25(17,2)3/h11,16-17,20H,4-10,12-14H2,1-3H3,(H,27,30). The van der Waals surface area contributed by atoms with Crippen LogP contribution in [0, 0.1) is 30.1 Å². The number of carbonyl (C=O) groups is 1. The van der Waals surface area contributed by atoms with Crippen LogP contribution in [0.3, 0.4) is 0 Å². The molecular weight excluding hydrogens is 426 g/mol. The highest BCUT2D eigenvalue weighted by molar-refractivity contribution is 7.12. The number of nitrogens with zero attached hydrogens (tertiary/aromatic N) is 2. The van der Waals surface area contributed by atoms with Gasteiger partial charge in [-0.3, -0.25) is 9.48 Å².